The van der Waals surface area contributed by atoms with E-state index in [0.29, 0.717) is 24.2 Å². The third-order valence-electron chi connectivity index (χ3n) is 4.31. The van der Waals surface area contributed by atoms with E-state index in [1.807, 2.05) is 30.3 Å². The molecule has 28 heavy (non-hydrogen) atoms. The molecule has 3 aromatic rings. The molecule has 0 radical (unpaired) electrons. The van der Waals surface area contributed by atoms with Crippen LogP contribution in [0, 0.1) is 0 Å². The van der Waals surface area contributed by atoms with Gasteiger partial charge in [0.2, 0.25) is 5.91 Å². The van der Waals surface area contributed by atoms with Crippen molar-refractivity contribution in [2.75, 3.05) is 11.9 Å². The lowest BCUT2D eigenvalue weighted by atomic mass is 10.1. The molecular weight excluding hydrogens is 352 g/mol. The molecule has 3 rings (SSSR count). The Kier molecular flexibility index (Phi) is 6.49. The Labute approximate surface area is 164 Å². The van der Waals surface area contributed by atoms with Crippen LogP contribution in [-0.4, -0.2) is 28.4 Å². The number of nitrogens with one attached hydrogen (secondary N) is 1. The van der Waals surface area contributed by atoms with Gasteiger partial charge in [0, 0.05) is 30.2 Å². The van der Waals surface area contributed by atoms with Gasteiger partial charge in [0.15, 0.2) is 0 Å². The van der Waals surface area contributed by atoms with Crippen molar-refractivity contribution in [3.05, 3.63) is 95.8 Å². The smallest absolute Gasteiger partial charge is 0.255 e. The fourth-order valence-corrected chi connectivity index (χ4v) is 2.71. The highest BCUT2D eigenvalue weighted by molar-refractivity contribution is 6.04. The topological polar surface area (TPSA) is 88.3 Å². The lowest BCUT2D eigenvalue weighted by Crippen LogP contribution is -2.39. The molecule has 2 amide bonds. The van der Waals surface area contributed by atoms with Gasteiger partial charge in [-0.25, -0.2) is 5.84 Å². The molecule has 0 spiro atoms. The van der Waals surface area contributed by atoms with E-state index in [4.69, 9.17) is 5.84 Å². The average molecular weight is 374 g/mol. The number of pyridine rings is 1. The molecule has 142 valence electrons. The Morgan fingerprint density at radius 1 is 0.893 bits per heavy atom. The summed E-state index contributed by atoms with van der Waals surface area (Å²) in [7, 11) is 0. The Morgan fingerprint density at radius 2 is 1.57 bits per heavy atom. The van der Waals surface area contributed by atoms with Gasteiger partial charge in [-0.15, -0.1) is 0 Å². The molecule has 1 aromatic heterocycles. The molecule has 0 atom stereocenters. The van der Waals surface area contributed by atoms with Gasteiger partial charge in [0.05, 0.1) is 6.42 Å². The normalized spacial score (nSPS) is 10.3. The molecule has 0 bridgehead atoms. The number of nitrogens with two attached hydrogens (primary N) is 1. The zero-order chi connectivity index (χ0) is 19.8. The number of hydrogen-bond acceptors (Lipinski definition) is 4. The molecule has 0 aliphatic carbocycles. The Morgan fingerprint density at radius 3 is 2.25 bits per heavy atom. The molecular formula is C22H22N4O2. The van der Waals surface area contributed by atoms with Crippen molar-refractivity contribution in [2.24, 2.45) is 5.84 Å². The minimum Gasteiger partial charge on any atom is -0.322 e. The van der Waals surface area contributed by atoms with Crippen LogP contribution in [0.1, 0.15) is 21.5 Å². The van der Waals surface area contributed by atoms with Crippen LogP contribution < -0.4 is 11.2 Å². The van der Waals surface area contributed by atoms with Crippen molar-refractivity contribution in [3.8, 4) is 0 Å². The third-order valence-corrected chi connectivity index (χ3v) is 4.31. The number of carbonyl (C=O) groups is 2. The van der Waals surface area contributed by atoms with E-state index in [1.165, 1.54) is 5.01 Å². The molecule has 0 saturated carbocycles. The number of hydrogen-bond donors (Lipinski definition) is 2. The quantitative estimate of drug-likeness (QED) is 0.378. The van der Waals surface area contributed by atoms with Crippen LogP contribution in [0.2, 0.25) is 0 Å². The first kappa shape index (κ1) is 19.3. The zero-order valence-electron chi connectivity index (χ0n) is 15.4. The first-order chi connectivity index (χ1) is 13.6. The van der Waals surface area contributed by atoms with Gasteiger partial charge in [-0.3, -0.25) is 19.6 Å². The van der Waals surface area contributed by atoms with Crippen molar-refractivity contribution in [3.63, 3.8) is 0 Å². The largest absolute Gasteiger partial charge is 0.322 e. The fraction of sp³-hybridized carbons (Fsp3) is 0.136. The molecule has 0 aliphatic rings. The van der Waals surface area contributed by atoms with Crippen LogP contribution in [0.15, 0.2) is 79.1 Å². The van der Waals surface area contributed by atoms with Gasteiger partial charge in [-0.05, 0) is 41.8 Å². The van der Waals surface area contributed by atoms with Crippen LogP contribution in [0.5, 0.6) is 0 Å². The highest BCUT2D eigenvalue weighted by atomic mass is 16.2. The zero-order valence-corrected chi connectivity index (χ0v) is 15.4. The standard InChI is InChI=1S/C22H22N4O2/c23-26(15-12-17-4-2-1-3-5-17)21(27)16-18-6-8-19(9-7-18)22(28)25-20-10-13-24-14-11-20/h1-11,13-14H,12,15-16,23H2,(H,24,25,28). The fourth-order valence-electron chi connectivity index (χ4n) is 2.71. The molecule has 2 aromatic carbocycles. The van der Waals surface area contributed by atoms with Crippen molar-refractivity contribution in [2.45, 2.75) is 12.8 Å². The summed E-state index contributed by atoms with van der Waals surface area (Å²) in [5, 5.41) is 4.04. The van der Waals surface area contributed by atoms with E-state index in [9.17, 15) is 9.59 Å². The summed E-state index contributed by atoms with van der Waals surface area (Å²) in [6, 6.07) is 20.3. The van der Waals surface area contributed by atoms with Crippen molar-refractivity contribution in [1.29, 1.82) is 0 Å². The van der Waals surface area contributed by atoms with E-state index in [0.717, 1.165) is 11.1 Å². The van der Waals surface area contributed by atoms with E-state index in [-0.39, 0.29) is 18.2 Å². The predicted molar refractivity (Wildman–Crippen MR) is 108 cm³/mol. The second kappa shape index (κ2) is 9.43. The van der Waals surface area contributed by atoms with Gasteiger partial charge in [-0.2, -0.15) is 0 Å². The van der Waals surface area contributed by atoms with E-state index in [1.54, 1.807) is 48.8 Å². The van der Waals surface area contributed by atoms with Crippen LogP contribution >= 0.6 is 0 Å². The molecule has 3 N–H and O–H groups in total. The number of aromatic nitrogens is 1. The molecule has 6 heteroatoms. The van der Waals surface area contributed by atoms with Gasteiger partial charge in [0.1, 0.15) is 0 Å². The second-order valence-corrected chi connectivity index (χ2v) is 6.39. The molecule has 0 unspecified atom stereocenters. The highest BCUT2D eigenvalue weighted by Gasteiger charge is 2.12. The van der Waals surface area contributed by atoms with Gasteiger partial charge in [0.25, 0.3) is 5.91 Å². The van der Waals surface area contributed by atoms with Gasteiger partial charge >= 0.3 is 0 Å². The summed E-state index contributed by atoms with van der Waals surface area (Å²) in [6.07, 6.45) is 4.12. The number of carbonyl (C=O) groups excluding carboxylic acids is 2. The minimum atomic E-state index is -0.215. The van der Waals surface area contributed by atoms with E-state index >= 15 is 0 Å². The number of nitrogens with zero attached hydrogens (tertiary/aromatic N) is 2. The molecule has 1 heterocycles. The summed E-state index contributed by atoms with van der Waals surface area (Å²) >= 11 is 0. The molecule has 0 saturated heterocycles. The first-order valence-electron chi connectivity index (χ1n) is 9.01. The maximum Gasteiger partial charge on any atom is 0.255 e. The number of anilines is 1. The molecule has 0 fully saturated rings. The lowest BCUT2D eigenvalue weighted by Gasteiger charge is -2.16. The summed E-state index contributed by atoms with van der Waals surface area (Å²) in [4.78, 5) is 28.5. The Balaban J connectivity index is 1.51. The van der Waals surface area contributed by atoms with Crippen molar-refractivity contribution >= 4 is 17.5 Å². The van der Waals surface area contributed by atoms with Crippen molar-refractivity contribution < 1.29 is 9.59 Å². The van der Waals surface area contributed by atoms with Crippen LogP contribution in [0.4, 0.5) is 5.69 Å². The summed E-state index contributed by atoms with van der Waals surface area (Å²) in [5.41, 5.74) is 3.13. The maximum atomic E-state index is 12.3. The lowest BCUT2D eigenvalue weighted by molar-refractivity contribution is -0.130. The number of amides is 2. The molecule has 0 aliphatic heterocycles. The van der Waals surface area contributed by atoms with Crippen LogP contribution in [-0.2, 0) is 17.6 Å². The maximum absolute atomic E-state index is 12.3. The third kappa shape index (κ3) is 5.49. The highest BCUT2D eigenvalue weighted by Crippen LogP contribution is 2.10. The monoisotopic (exact) mass is 374 g/mol. The second-order valence-electron chi connectivity index (χ2n) is 6.39. The molecule has 6 nitrogen and oxygen atoms in total. The predicted octanol–water partition coefficient (Wildman–Crippen LogP) is 2.82. The van der Waals surface area contributed by atoms with E-state index < -0.39 is 0 Å². The summed E-state index contributed by atoms with van der Waals surface area (Å²) < 4.78 is 0. The van der Waals surface area contributed by atoms with Crippen LogP contribution in [0.25, 0.3) is 0 Å². The van der Waals surface area contributed by atoms with Crippen molar-refractivity contribution in [1.82, 2.24) is 9.99 Å². The Hall–Kier alpha value is -3.51. The average Bonchev–Trinajstić information content (AvgIpc) is 2.74. The van der Waals surface area contributed by atoms with Crippen LogP contribution in [0.3, 0.4) is 0 Å². The van der Waals surface area contributed by atoms with E-state index in [2.05, 4.69) is 10.3 Å². The minimum absolute atomic E-state index is 0.162. The summed E-state index contributed by atoms with van der Waals surface area (Å²) in [6.45, 7) is 0.454. The first-order valence-corrected chi connectivity index (χ1v) is 9.01. The van der Waals surface area contributed by atoms with Gasteiger partial charge < -0.3 is 5.32 Å². The summed E-state index contributed by atoms with van der Waals surface area (Å²) in [5.74, 6) is 5.51. The number of benzene rings is 2. The Bertz CT molecular complexity index is 912. The number of rotatable bonds is 7. The van der Waals surface area contributed by atoms with Gasteiger partial charge in [-0.1, -0.05) is 42.5 Å². The number of hydrazine groups is 1. The SMILES string of the molecule is NN(CCc1ccccc1)C(=O)Cc1ccc(C(=O)Nc2ccncc2)cc1.